The molecule has 32 heavy (non-hydrogen) atoms. The second-order valence-electron chi connectivity index (χ2n) is 7.72. The van der Waals surface area contributed by atoms with Crippen LogP contribution in [0.2, 0.25) is 5.02 Å². The zero-order chi connectivity index (χ0) is 23.1. The lowest BCUT2D eigenvalue weighted by molar-refractivity contribution is -0.0989. The number of aliphatic hydroxyl groups is 2. The molecule has 2 aliphatic heterocycles. The van der Waals surface area contributed by atoms with Crippen LogP contribution < -0.4 is 11.4 Å². The van der Waals surface area contributed by atoms with Gasteiger partial charge in [-0.3, -0.25) is 18.1 Å². The molecule has 0 bridgehead atoms. The van der Waals surface area contributed by atoms with Crippen molar-refractivity contribution in [3.8, 4) is 0 Å². The van der Waals surface area contributed by atoms with Gasteiger partial charge in [0.05, 0.1) is 19.3 Å². The van der Waals surface area contributed by atoms with Gasteiger partial charge in [-0.15, -0.1) is 0 Å². The molecule has 1 aromatic carbocycles. The van der Waals surface area contributed by atoms with Crippen molar-refractivity contribution in [3.63, 3.8) is 0 Å². The fourth-order valence-electron chi connectivity index (χ4n) is 3.67. The van der Waals surface area contributed by atoms with Crippen molar-refractivity contribution in [1.82, 2.24) is 9.55 Å². The van der Waals surface area contributed by atoms with Gasteiger partial charge in [-0.2, -0.15) is 4.98 Å². The number of halogens is 1. The third-order valence-corrected chi connectivity index (χ3v) is 7.21. The fourth-order valence-corrected chi connectivity index (χ4v) is 5.32. The molecule has 2 aliphatic rings. The molecule has 0 spiro atoms. The van der Waals surface area contributed by atoms with E-state index in [9.17, 15) is 19.6 Å². The second kappa shape index (κ2) is 8.85. The summed E-state index contributed by atoms with van der Waals surface area (Å²) in [4.78, 5) is 15.7. The largest absolute Gasteiger partial charge is 0.475 e. The average Bonchev–Trinajstić information content (AvgIpc) is 2.96. The third-order valence-electron chi connectivity index (χ3n) is 5.39. The SMILES string of the molecule is C[C@@]1(O)[C@H](O)[C@@H](COP2(=O)OCCC(c3ccccc3Cl)O2)O[C@H]1n1ccc(N)nc1=O. The molecule has 0 saturated carbocycles. The normalized spacial score (nSPS) is 35.1. The molecule has 0 radical (unpaired) electrons. The first-order chi connectivity index (χ1) is 15.1. The van der Waals surface area contributed by atoms with E-state index in [0.717, 1.165) is 4.57 Å². The summed E-state index contributed by atoms with van der Waals surface area (Å²) in [6.07, 6.45) is -2.79. The van der Waals surface area contributed by atoms with Crippen LogP contribution >= 0.6 is 19.4 Å². The van der Waals surface area contributed by atoms with Gasteiger partial charge in [-0.05, 0) is 19.1 Å². The van der Waals surface area contributed by atoms with Crippen LogP contribution in [0.5, 0.6) is 0 Å². The molecule has 13 heteroatoms. The number of benzene rings is 1. The monoisotopic (exact) mass is 487 g/mol. The Balaban J connectivity index is 1.46. The first kappa shape index (κ1) is 23.3. The summed E-state index contributed by atoms with van der Waals surface area (Å²) in [7, 11) is -4.01. The number of nitrogens with two attached hydrogens (primary N) is 1. The zero-order valence-electron chi connectivity index (χ0n) is 17.0. The number of ether oxygens (including phenoxy) is 1. The van der Waals surface area contributed by atoms with E-state index in [-0.39, 0.29) is 12.4 Å². The molecule has 1 aromatic heterocycles. The van der Waals surface area contributed by atoms with Crippen LogP contribution in [0.1, 0.15) is 31.2 Å². The Bertz CT molecular complexity index is 1100. The first-order valence-corrected chi connectivity index (χ1v) is 11.7. The Hall–Kier alpha value is -1.82. The van der Waals surface area contributed by atoms with Crippen molar-refractivity contribution in [2.24, 2.45) is 0 Å². The lowest BCUT2D eigenvalue weighted by Gasteiger charge is -2.30. The smallest absolute Gasteiger partial charge is 0.387 e. The minimum Gasteiger partial charge on any atom is -0.387 e. The van der Waals surface area contributed by atoms with Crippen molar-refractivity contribution in [3.05, 3.63) is 57.6 Å². The molecule has 2 unspecified atom stereocenters. The van der Waals surface area contributed by atoms with Crippen LogP contribution in [0.15, 0.2) is 41.3 Å². The number of phosphoric acid groups is 1. The van der Waals surface area contributed by atoms with Gasteiger partial charge in [-0.25, -0.2) is 9.36 Å². The number of aliphatic hydroxyl groups excluding tert-OH is 1. The van der Waals surface area contributed by atoms with E-state index in [1.807, 2.05) is 0 Å². The fraction of sp³-hybridized carbons (Fsp3) is 0.474. The summed E-state index contributed by atoms with van der Waals surface area (Å²) in [5.74, 6) is 0.00193. The van der Waals surface area contributed by atoms with E-state index in [1.165, 1.54) is 19.2 Å². The van der Waals surface area contributed by atoms with Crippen LogP contribution in [-0.4, -0.2) is 50.8 Å². The predicted octanol–water partition coefficient (Wildman–Crippen LogP) is 1.79. The molecule has 4 rings (SSSR count). The standard InChI is InChI=1S/C19H23ClN3O8P/c1-19(26)16(24)14(30-17(19)23-8-6-15(21)22-18(23)25)10-29-32(27)28-9-7-13(31-32)11-4-2-3-5-12(11)20/h2-6,8,13-14,16-17,24,26H,7,9-10H2,1H3,(H2,21,22,25)/t13?,14-,16-,17-,19-,32?/m1/s1. The minimum absolute atomic E-state index is 0.00193. The highest BCUT2D eigenvalue weighted by atomic mass is 35.5. The van der Waals surface area contributed by atoms with Crippen LogP contribution in [0.25, 0.3) is 0 Å². The number of aromatic nitrogens is 2. The molecule has 0 aliphatic carbocycles. The van der Waals surface area contributed by atoms with Gasteiger partial charge < -0.3 is 20.7 Å². The minimum atomic E-state index is -4.01. The molecule has 2 aromatic rings. The maximum atomic E-state index is 13.0. The molecule has 3 heterocycles. The highest BCUT2D eigenvalue weighted by Gasteiger charge is 2.54. The quantitative estimate of drug-likeness (QED) is 0.531. The molecule has 6 atom stereocenters. The number of anilines is 1. The van der Waals surface area contributed by atoms with Gasteiger partial charge in [0, 0.05) is 23.2 Å². The molecule has 11 nitrogen and oxygen atoms in total. The van der Waals surface area contributed by atoms with Gasteiger partial charge in [0.25, 0.3) is 0 Å². The summed E-state index contributed by atoms with van der Waals surface area (Å²) in [5, 5.41) is 21.8. The third kappa shape index (κ3) is 4.48. The first-order valence-electron chi connectivity index (χ1n) is 9.83. The van der Waals surface area contributed by atoms with E-state index in [1.54, 1.807) is 24.3 Å². The predicted molar refractivity (Wildman–Crippen MR) is 113 cm³/mol. The number of rotatable bonds is 5. The van der Waals surface area contributed by atoms with E-state index in [0.29, 0.717) is 17.0 Å². The lowest BCUT2D eigenvalue weighted by Crippen LogP contribution is -2.46. The van der Waals surface area contributed by atoms with Crippen molar-refractivity contribution >= 4 is 25.2 Å². The van der Waals surface area contributed by atoms with Crippen molar-refractivity contribution < 1.29 is 33.1 Å². The number of nitrogens with zero attached hydrogens (tertiary/aromatic N) is 2. The van der Waals surface area contributed by atoms with Crippen LogP contribution in [-0.2, 0) is 22.9 Å². The number of hydrogen-bond donors (Lipinski definition) is 3. The molecular formula is C19H23ClN3O8P. The Morgan fingerprint density at radius 3 is 2.88 bits per heavy atom. The average molecular weight is 488 g/mol. The Morgan fingerprint density at radius 2 is 2.16 bits per heavy atom. The summed E-state index contributed by atoms with van der Waals surface area (Å²) in [6, 6.07) is 8.36. The second-order valence-corrected chi connectivity index (χ2v) is 9.75. The topological polar surface area (TPSA) is 155 Å². The number of hydrogen-bond acceptors (Lipinski definition) is 10. The van der Waals surface area contributed by atoms with Gasteiger partial charge in [-0.1, -0.05) is 29.8 Å². The highest BCUT2D eigenvalue weighted by molar-refractivity contribution is 7.48. The summed E-state index contributed by atoms with van der Waals surface area (Å²) < 4.78 is 35.9. The Labute approximate surface area is 188 Å². The molecule has 174 valence electrons. The van der Waals surface area contributed by atoms with E-state index in [4.69, 9.17) is 35.6 Å². The van der Waals surface area contributed by atoms with Crippen molar-refractivity contribution in [2.75, 3.05) is 18.9 Å². The van der Waals surface area contributed by atoms with Gasteiger partial charge in [0.15, 0.2) is 6.23 Å². The Kier molecular flexibility index (Phi) is 6.45. The van der Waals surface area contributed by atoms with Crippen LogP contribution in [0, 0.1) is 0 Å². The van der Waals surface area contributed by atoms with E-state index >= 15 is 0 Å². The summed E-state index contributed by atoms with van der Waals surface area (Å²) >= 11 is 6.21. The molecule has 2 fully saturated rings. The maximum absolute atomic E-state index is 13.0. The molecule has 4 N–H and O–H groups in total. The van der Waals surface area contributed by atoms with Gasteiger partial charge >= 0.3 is 13.5 Å². The van der Waals surface area contributed by atoms with Gasteiger partial charge in [0.2, 0.25) is 0 Å². The molecule has 0 amide bonds. The Morgan fingerprint density at radius 1 is 1.41 bits per heavy atom. The maximum Gasteiger partial charge on any atom is 0.475 e. The van der Waals surface area contributed by atoms with E-state index < -0.39 is 50.3 Å². The summed E-state index contributed by atoms with van der Waals surface area (Å²) in [6.45, 7) is 0.972. The van der Waals surface area contributed by atoms with Crippen LogP contribution in [0.4, 0.5) is 5.82 Å². The van der Waals surface area contributed by atoms with Crippen molar-refractivity contribution in [1.29, 1.82) is 0 Å². The van der Waals surface area contributed by atoms with Crippen molar-refractivity contribution in [2.45, 2.75) is 43.5 Å². The molecular weight excluding hydrogens is 465 g/mol. The lowest BCUT2D eigenvalue weighted by atomic mass is 9.96. The van der Waals surface area contributed by atoms with Gasteiger partial charge in [0.1, 0.15) is 23.6 Å². The summed E-state index contributed by atoms with van der Waals surface area (Å²) in [5.41, 5.74) is 3.50. The highest BCUT2D eigenvalue weighted by Crippen LogP contribution is 2.57. The van der Waals surface area contributed by atoms with Crippen LogP contribution in [0.3, 0.4) is 0 Å². The number of phosphoric ester groups is 1. The molecule has 2 saturated heterocycles. The van der Waals surface area contributed by atoms with E-state index in [2.05, 4.69) is 4.98 Å². The number of nitrogen functional groups attached to an aromatic ring is 1. The zero-order valence-corrected chi connectivity index (χ0v) is 18.7.